The Balaban J connectivity index is 0.000000980. The fourth-order valence-corrected chi connectivity index (χ4v) is 2.03. The first kappa shape index (κ1) is 11.7. The van der Waals surface area contributed by atoms with Crippen LogP contribution in [-0.4, -0.2) is 11.0 Å². The Kier molecular flexibility index (Phi) is 3.66. The number of carbonyl (C=O) groups is 1. The van der Waals surface area contributed by atoms with Crippen molar-refractivity contribution in [2.45, 2.75) is 6.92 Å². The van der Waals surface area contributed by atoms with Crippen molar-refractivity contribution in [2.24, 2.45) is 0 Å². The molecular formula is C9H6NNaO2S. The Morgan fingerprint density at radius 2 is 2.21 bits per heavy atom. The maximum absolute atomic E-state index is 10.5. The van der Waals surface area contributed by atoms with Crippen LogP contribution in [0, 0.1) is 6.92 Å². The van der Waals surface area contributed by atoms with Gasteiger partial charge >= 0.3 is 29.6 Å². The minimum Gasteiger partial charge on any atom is -0.545 e. The topological polar surface area (TPSA) is 53.0 Å². The minimum atomic E-state index is -1.15. The molecule has 1 aromatic carbocycles. The summed E-state index contributed by atoms with van der Waals surface area (Å²) in [5.74, 6) is -1.15. The first-order valence-corrected chi connectivity index (χ1v) is 4.57. The molecule has 66 valence electrons. The van der Waals surface area contributed by atoms with Crippen molar-refractivity contribution >= 4 is 27.5 Å². The molecule has 0 aliphatic heterocycles. The molecule has 14 heavy (non-hydrogen) atoms. The molecule has 2 aromatic rings. The van der Waals surface area contributed by atoms with Crippen molar-refractivity contribution < 1.29 is 39.5 Å². The van der Waals surface area contributed by atoms with E-state index in [-0.39, 0.29) is 35.1 Å². The van der Waals surface area contributed by atoms with E-state index in [0.29, 0.717) is 0 Å². The summed E-state index contributed by atoms with van der Waals surface area (Å²) in [5.41, 5.74) is 1.05. The van der Waals surface area contributed by atoms with Gasteiger partial charge in [-0.25, -0.2) is 4.98 Å². The minimum absolute atomic E-state index is 0. The van der Waals surface area contributed by atoms with Crippen LogP contribution in [0.2, 0.25) is 0 Å². The number of carbonyl (C=O) groups excluding carboxylic acids is 1. The van der Waals surface area contributed by atoms with Crippen LogP contribution < -0.4 is 34.7 Å². The Labute approximate surface area is 107 Å². The predicted octanol–water partition coefficient (Wildman–Crippen LogP) is -2.03. The number of aryl methyl sites for hydroxylation is 1. The number of fused-ring (bicyclic) bond motifs is 1. The maximum Gasteiger partial charge on any atom is 1.00 e. The van der Waals surface area contributed by atoms with Crippen LogP contribution in [0.25, 0.3) is 10.2 Å². The third-order valence-electron chi connectivity index (χ3n) is 1.73. The van der Waals surface area contributed by atoms with E-state index < -0.39 is 5.97 Å². The summed E-state index contributed by atoms with van der Waals surface area (Å²) < 4.78 is 0.888. The Morgan fingerprint density at radius 3 is 2.86 bits per heavy atom. The van der Waals surface area contributed by atoms with E-state index in [4.69, 9.17) is 0 Å². The quantitative estimate of drug-likeness (QED) is 0.516. The molecule has 3 nitrogen and oxygen atoms in total. The van der Waals surface area contributed by atoms with Crippen LogP contribution in [0.3, 0.4) is 0 Å². The zero-order chi connectivity index (χ0) is 9.42. The van der Waals surface area contributed by atoms with Crippen LogP contribution in [0.5, 0.6) is 0 Å². The number of thiazole rings is 1. The van der Waals surface area contributed by atoms with E-state index in [9.17, 15) is 9.90 Å². The molecule has 1 aromatic heterocycles. The molecule has 1 heterocycles. The van der Waals surface area contributed by atoms with Crippen molar-refractivity contribution in [2.75, 3.05) is 0 Å². The van der Waals surface area contributed by atoms with Gasteiger partial charge in [-0.15, -0.1) is 11.3 Å². The van der Waals surface area contributed by atoms with Gasteiger partial charge in [0.15, 0.2) is 0 Å². The Hall–Kier alpha value is -0.420. The second kappa shape index (κ2) is 4.40. The monoisotopic (exact) mass is 215 g/mol. The molecular weight excluding hydrogens is 209 g/mol. The predicted molar refractivity (Wildman–Crippen MR) is 48.7 cm³/mol. The second-order valence-electron chi connectivity index (χ2n) is 2.70. The third kappa shape index (κ3) is 2.15. The number of rotatable bonds is 1. The van der Waals surface area contributed by atoms with E-state index >= 15 is 0 Å². The zero-order valence-electron chi connectivity index (χ0n) is 7.90. The van der Waals surface area contributed by atoms with Crippen molar-refractivity contribution in [1.82, 2.24) is 4.98 Å². The van der Waals surface area contributed by atoms with Gasteiger partial charge in [0.25, 0.3) is 0 Å². The van der Waals surface area contributed by atoms with E-state index in [1.54, 1.807) is 12.1 Å². The SMILES string of the molecule is Cc1nc2ccc(C(=O)[O-])cc2s1.[Na+]. The first-order valence-electron chi connectivity index (χ1n) is 3.75. The molecule has 5 heteroatoms. The average molecular weight is 215 g/mol. The zero-order valence-corrected chi connectivity index (χ0v) is 10.7. The number of hydrogen-bond donors (Lipinski definition) is 0. The second-order valence-corrected chi connectivity index (χ2v) is 3.94. The molecule has 0 saturated heterocycles. The normalized spacial score (nSPS) is 9.79. The van der Waals surface area contributed by atoms with Crippen LogP contribution in [0.1, 0.15) is 15.4 Å². The van der Waals surface area contributed by atoms with Gasteiger partial charge in [-0.05, 0) is 24.6 Å². The van der Waals surface area contributed by atoms with Crippen LogP contribution in [0.15, 0.2) is 18.2 Å². The number of benzene rings is 1. The summed E-state index contributed by atoms with van der Waals surface area (Å²) in [6.45, 7) is 1.89. The van der Waals surface area contributed by atoms with Crippen molar-refractivity contribution in [3.63, 3.8) is 0 Å². The van der Waals surface area contributed by atoms with Gasteiger partial charge in [0.1, 0.15) is 0 Å². The van der Waals surface area contributed by atoms with E-state index in [1.165, 1.54) is 17.4 Å². The molecule has 2 rings (SSSR count). The molecule has 0 amide bonds. The fraction of sp³-hybridized carbons (Fsp3) is 0.111. The average Bonchev–Trinajstić information content (AvgIpc) is 2.42. The van der Waals surface area contributed by atoms with Crippen LogP contribution >= 0.6 is 11.3 Å². The molecule has 0 bridgehead atoms. The fourth-order valence-electron chi connectivity index (χ4n) is 1.17. The number of hydrogen-bond acceptors (Lipinski definition) is 4. The van der Waals surface area contributed by atoms with Gasteiger partial charge < -0.3 is 9.90 Å². The summed E-state index contributed by atoms with van der Waals surface area (Å²) in [4.78, 5) is 14.7. The van der Waals surface area contributed by atoms with Gasteiger partial charge in [-0.3, -0.25) is 0 Å². The molecule has 0 atom stereocenters. The Bertz CT molecular complexity index is 481. The molecule has 0 aliphatic carbocycles. The van der Waals surface area contributed by atoms with Crippen LogP contribution in [0.4, 0.5) is 0 Å². The molecule has 0 saturated carbocycles. The van der Waals surface area contributed by atoms with Crippen molar-refractivity contribution in [1.29, 1.82) is 0 Å². The van der Waals surface area contributed by atoms with E-state index in [1.807, 2.05) is 6.92 Å². The van der Waals surface area contributed by atoms with Crippen LogP contribution in [-0.2, 0) is 0 Å². The summed E-state index contributed by atoms with van der Waals surface area (Å²) in [6.07, 6.45) is 0. The number of carboxylic acids is 1. The number of aromatic carboxylic acids is 1. The Morgan fingerprint density at radius 1 is 1.50 bits per heavy atom. The van der Waals surface area contributed by atoms with Gasteiger partial charge in [0.2, 0.25) is 0 Å². The molecule has 0 unspecified atom stereocenters. The van der Waals surface area contributed by atoms with Gasteiger partial charge in [0.05, 0.1) is 21.2 Å². The number of aromatic nitrogens is 1. The van der Waals surface area contributed by atoms with Gasteiger partial charge in [-0.1, -0.05) is 6.07 Å². The largest absolute Gasteiger partial charge is 1.00 e. The van der Waals surface area contributed by atoms with Crippen molar-refractivity contribution in [3.05, 3.63) is 28.8 Å². The summed E-state index contributed by atoms with van der Waals surface area (Å²) in [5, 5.41) is 11.5. The standard InChI is InChI=1S/C9H7NO2S.Na/c1-5-10-7-3-2-6(9(11)12)4-8(7)13-5;/h2-4H,1H3,(H,11,12);/q;+1/p-1. The number of carboxylic acid groups (broad SMARTS) is 1. The molecule has 0 N–H and O–H groups in total. The smallest absolute Gasteiger partial charge is 0.545 e. The summed E-state index contributed by atoms with van der Waals surface area (Å²) in [7, 11) is 0. The first-order chi connectivity index (χ1) is 6.16. The summed E-state index contributed by atoms with van der Waals surface area (Å²) >= 11 is 1.48. The van der Waals surface area contributed by atoms with E-state index in [0.717, 1.165) is 15.2 Å². The maximum atomic E-state index is 10.5. The molecule has 0 spiro atoms. The molecule has 0 fully saturated rings. The van der Waals surface area contributed by atoms with E-state index in [2.05, 4.69) is 4.98 Å². The molecule has 0 radical (unpaired) electrons. The van der Waals surface area contributed by atoms with Crippen molar-refractivity contribution in [3.8, 4) is 0 Å². The number of nitrogens with zero attached hydrogens (tertiary/aromatic N) is 1. The third-order valence-corrected chi connectivity index (χ3v) is 2.66. The molecule has 0 aliphatic rings. The summed E-state index contributed by atoms with van der Waals surface area (Å²) in [6, 6.07) is 4.80. The van der Waals surface area contributed by atoms with Gasteiger partial charge in [0, 0.05) is 0 Å². The van der Waals surface area contributed by atoms with Gasteiger partial charge in [-0.2, -0.15) is 0 Å².